The molecule has 1 aliphatic carbocycles. The van der Waals surface area contributed by atoms with Crippen molar-refractivity contribution < 1.29 is 31.9 Å². The number of H-pyrrole nitrogens is 1. The van der Waals surface area contributed by atoms with Crippen molar-refractivity contribution in [1.82, 2.24) is 25.6 Å². The van der Waals surface area contributed by atoms with Crippen LogP contribution in [0, 0.1) is 17.0 Å². The Labute approximate surface area is 228 Å². The lowest BCUT2D eigenvalue weighted by molar-refractivity contribution is -0.128. The first-order valence-electron chi connectivity index (χ1n) is 13.1. The molecule has 9 nitrogen and oxygen atoms in total. The highest BCUT2D eigenvalue weighted by atomic mass is 19.3. The van der Waals surface area contributed by atoms with Gasteiger partial charge in [0.25, 0.3) is 12.3 Å². The van der Waals surface area contributed by atoms with Gasteiger partial charge in [0.2, 0.25) is 17.7 Å². The number of amides is 2. The van der Waals surface area contributed by atoms with Crippen molar-refractivity contribution in [2.75, 3.05) is 11.9 Å². The Balaban J connectivity index is 1.60. The van der Waals surface area contributed by atoms with E-state index in [0.29, 0.717) is 0 Å². The van der Waals surface area contributed by atoms with E-state index in [4.69, 9.17) is 4.74 Å². The van der Waals surface area contributed by atoms with E-state index in [-0.39, 0.29) is 52.6 Å². The molecule has 216 valence electrons. The first kappa shape index (κ1) is 29.1. The van der Waals surface area contributed by atoms with Crippen LogP contribution in [0.4, 0.5) is 29.2 Å². The number of anilines is 2. The number of halogens is 4. The van der Waals surface area contributed by atoms with Crippen molar-refractivity contribution in [3.05, 3.63) is 41.0 Å². The molecule has 2 amide bonds. The molecular formula is C27H32F4N6O3. The topological polar surface area (TPSA) is 121 Å². The van der Waals surface area contributed by atoms with Crippen molar-refractivity contribution in [3.8, 4) is 5.88 Å². The summed E-state index contributed by atoms with van der Waals surface area (Å²) in [7, 11) is 0. The molecule has 0 atom stereocenters. The molecule has 1 fully saturated rings. The van der Waals surface area contributed by atoms with E-state index in [9.17, 15) is 22.8 Å². The maximum absolute atomic E-state index is 15.2. The number of aromatic nitrogens is 3. The van der Waals surface area contributed by atoms with Crippen LogP contribution in [0.15, 0.2) is 18.2 Å². The number of imidazole rings is 1. The molecule has 2 heterocycles. The summed E-state index contributed by atoms with van der Waals surface area (Å²) < 4.78 is 60.7. The minimum absolute atomic E-state index is 0.0182. The molecule has 0 bridgehead atoms. The molecule has 0 radical (unpaired) electrons. The lowest BCUT2D eigenvalue weighted by atomic mass is 9.95. The number of hydrogen-bond donors (Lipinski definition) is 4. The molecule has 4 rings (SSSR count). The molecule has 13 heteroatoms. The van der Waals surface area contributed by atoms with Crippen molar-refractivity contribution in [3.63, 3.8) is 0 Å². The Bertz CT molecular complexity index is 1380. The summed E-state index contributed by atoms with van der Waals surface area (Å²) in [5, 5.41) is 8.06. The third-order valence-corrected chi connectivity index (χ3v) is 6.50. The van der Waals surface area contributed by atoms with Crippen LogP contribution in [0.3, 0.4) is 0 Å². The predicted octanol–water partition coefficient (Wildman–Crippen LogP) is 5.35. The first-order chi connectivity index (χ1) is 18.9. The molecular weight excluding hydrogens is 532 g/mol. The van der Waals surface area contributed by atoms with E-state index in [0.717, 1.165) is 38.2 Å². The van der Waals surface area contributed by atoms with Crippen LogP contribution >= 0.6 is 0 Å². The van der Waals surface area contributed by atoms with E-state index in [1.165, 1.54) is 12.1 Å². The van der Waals surface area contributed by atoms with Gasteiger partial charge in [-0.15, -0.1) is 0 Å². The smallest absolute Gasteiger partial charge is 0.272 e. The average molecular weight is 565 g/mol. The van der Waals surface area contributed by atoms with Gasteiger partial charge in [-0.1, -0.05) is 46.1 Å². The zero-order chi connectivity index (χ0) is 29.0. The van der Waals surface area contributed by atoms with Gasteiger partial charge in [-0.05, 0) is 25.0 Å². The largest absolute Gasteiger partial charge is 0.471 e. The molecule has 0 unspecified atom stereocenters. The Morgan fingerprint density at radius 1 is 1.12 bits per heavy atom. The molecule has 0 saturated heterocycles. The van der Waals surface area contributed by atoms with Gasteiger partial charge in [-0.25, -0.2) is 17.6 Å². The maximum atomic E-state index is 15.2. The van der Waals surface area contributed by atoms with Crippen LogP contribution < -0.4 is 20.7 Å². The number of rotatable bonds is 9. The predicted molar refractivity (Wildman–Crippen MR) is 141 cm³/mol. The number of ether oxygens (including phenoxy) is 1. The molecule has 0 aliphatic heterocycles. The van der Waals surface area contributed by atoms with Crippen LogP contribution in [0.1, 0.15) is 68.8 Å². The normalized spacial score (nSPS) is 14.4. The minimum atomic E-state index is -2.80. The lowest BCUT2D eigenvalue weighted by Crippen LogP contribution is -2.36. The molecule has 1 saturated carbocycles. The highest BCUT2D eigenvalue weighted by Gasteiger charge is 2.24. The first-order valence-corrected chi connectivity index (χ1v) is 13.1. The number of benzene rings is 1. The Kier molecular flexibility index (Phi) is 8.79. The van der Waals surface area contributed by atoms with Crippen LogP contribution in [-0.4, -0.2) is 45.8 Å². The van der Waals surface area contributed by atoms with E-state index in [1.54, 1.807) is 20.8 Å². The van der Waals surface area contributed by atoms with Gasteiger partial charge in [-0.3, -0.25) is 9.59 Å². The maximum Gasteiger partial charge on any atom is 0.272 e. The number of carbonyl (C=O) groups is 2. The number of carbonyl (C=O) groups excluding carboxylic acids is 2. The molecule has 1 aromatic carbocycles. The second-order valence-corrected chi connectivity index (χ2v) is 10.8. The SMILES string of the molecule is CC(C)(C)C(=O)NCc1ccc(F)c(Nc2nc3nc(OCC(F)F)c(C(=O)NC4CCCCC4)cc3[nH]2)c1F. The van der Waals surface area contributed by atoms with Crippen LogP contribution in [-0.2, 0) is 11.3 Å². The third-order valence-electron chi connectivity index (χ3n) is 6.50. The van der Waals surface area contributed by atoms with E-state index < -0.39 is 41.7 Å². The monoisotopic (exact) mass is 564 g/mol. The van der Waals surface area contributed by atoms with Gasteiger partial charge < -0.3 is 25.7 Å². The molecule has 3 aromatic rings. The zero-order valence-electron chi connectivity index (χ0n) is 22.5. The van der Waals surface area contributed by atoms with Gasteiger partial charge in [0, 0.05) is 23.6 Å². The van der Waals surface area contributed by atoms with Gasteiger partial charge in [0.05, 0.1) is 5.52 Å². The average Bonchev–Trinajstić information content (AvgIpc) is 3.30. The van der Waals surface area contributed by atoms with Crippen LogP contribution in [0.5, 0.6) is 5.88 Å². The number of nitrogens with one attached hydrogen (secondary N) is 4. The highest BCUT2D eigenvalue weighted by molar-refractivity contribution is 5.99. The van der Waals surface area contributed by atoms with E-state index >= 15 is 4.39 Å². The fraction of sp³-hybridized carbons (Fsp3) is 0.481. The van der Waals surface area contributed by atoms with Gasteiger partial charge in [-0.2, -0.15) is 9.97 Å². The Morgan fingerprint density at radius 2 is 1.85 bits per heavy atom. The number of pyridine rings is 1. The molecule has 1 aliphatic rings. The van der Waals surface area contributed by atoms with Gasteiger partial charge in [0.15, 0.2) is 18.1 Å². The van der Waals surface area contributed by atoms with Crippen molar-refractivity contribution in [2.45, 2.75) is 71.9 Å². The van der Waals surface area contributed by atoms with Crippen molar-refractivity contribution >= 4 is 34.6 Å². The fourth-order valence-electron chi connectivity index (χ4n) is 4.32. The summed E-state index contributed by atoms with van der Waals surface area (Å²) in [5.41, 5.74) is -1.04. The summed E-state index contributed by atoms with van der Waals surface area (Å²) >= 11 is 0. The number of fused-ring (bicyclic) bond motifs is 1. The van der Waals surface area contributed by atoms with E-state index in [2.05, 4.69) is 30.9 Å². The second kappa shape index (κ2) is 12.1. The van der Waals surface area contributed by atoms with E-state index in [1.807, 2.05) is 0 Å². The summed E-state index contributed by atoms with van der Waals surface area (Å²) in [5.74, 6) is -3.12. The van der Waals surface area contributed by atoms with Gasteiger partial charge in [0.1, 0.15) is 17.1 Å². The Hall–Kier alpha value is -3.90. The molecule has 0 spiro atoms. The van der Waals surface area contributed by atoms with Crippen molar-refractivity contribution in [1.29, 1.82) is 0 Å². The molecule has 40 heavy (non-hydrogen) atoms. The fourth-order valence-corrected chi connectivity index (χ4v) is 4.32. The standard InChI is InChI=1S/C27H32F4N6O3/c1-27(2,3)25(39)32-12-14-9-10-17(28)21(20(14)31)35-26-34-18-11-16(23(38)33-15-7-5-4-6-8-15)24(36-22(18)37-26)40-13-19(29)30/h9-11,15,19H,4-8,12-13H2,1-3H3,(H,32,39)(H,33,38)(H2,34,35,36,37). The highest BCUT2D eigenvalue weighted by Crippen LogP contribution is 2.28. The van der Waals surface area contributed by atoms with Gasteiger partial charge >= 0.3 is 0 Å². The molecule has 2 aromatic heterocycles. The summed E-state index contributed by atoms with van der Waals surface area (Å²) in [6.45, 7) is 3.98. The number of aromatic amines is 1. The summed E-state index contributed by atoms with van der Waals surface area (Å²) in [4.78, 5) is 36.3. The number of nitrogens with zero attached hydrogens (tertiary/aromatic N) is 2. The lowest BCUT2D eigenvalue weighted by Gasteiger charge is -2.23. The third kappa shape index (κ3) is 6.99. The number of alkyl halides is 2. The Morgan fingerprint density at radius 3 is 2.52 bits per heavy atom. The summed E-state index contributed by atoms with van der Waals surface area (Å²) in [6, 6.07) is 3.58. The number of hydrogen-bond acceptors (Lipinski definition) is 6. The second-order valence-electron chi connectivity index (χ2n) is 10.8. The van der Waals surface area contributed by atoms with Crippen LogP contribution in [0.25, 0.3) is 11.2 Å². The molecule has 4 N–H and O–H groups in total. The summed E-state index contributed by atoms with van der Waals surface area (Å²) in [6.07, 6.45) is 1.86. The quantitative estimate of drug-likeness (QED) is 0.260. The van der Waals surface area contributed by atoms with Crippen LogP contribution in [0.2, 0.25) is 0 Å². The minimum Gasteiger partial charge on any atom is -0.471 e. The zero-order valence-corrected chi connectivity index (χ0v) is 22.5. The van der Waals surface area contributed by atoms with Crippen molar-refractivity contribution in [2.24, 2.45) is 5.41 Å².